The normalized spacial score (nSPS) is 11.8. The number of carbonyl (C=O) groups excluding carboxylic acids is 2. The quantitative estimate of drug-likeness (QED) is 0.654. The highest BCUT2D eigenvalue weighted by atomic mass is 35.5. The third-order valence-corrected chi connectivity index (χ3v) is 5.19. The van der Waals surface area contributed by atoms with Crippen LogP contribution in [0.4, 0.5) is 5.69 Å². The average molecular weight is 381 g/mol. The molecule has 1 unspecified atom stereocenters. The zero-order valence-corrected chi connectivity index (χ0v) is 16.0. The number of amides is 2. The lowest BCUT2D eigenvalue weighted by Gasteiger charge is -2.16. The summed E-state index contributed by atoms with van der Waals surface area (Å²) in [4.78, 5) is 26.5. The van der Waals surface area contributed by atoms with Crippen LogP contribution in [0.25, 0.3) is 0 Å². The summed E-state index contributed by atoms with van der Waals surface area (Å²) in [5.41, 5.74) is 1.46. The van der Waals surface area contributed by atoms with Gasteiger partial charge in [-0.3, -0.25) is 9.59 Å². The lowest BCUT2D eigenvalue weighted by molar-refractivity contribution is -0.903. The van der Waals surface area contributed by atoms with Gasteiger partial charge in [0.05, 0.1) is 18.0 Å². The standard InChI is InChI=1S/C18H22ClN3O2S/c1-3-22(11-14-6-5-9-25-14)12-18(24)20-10-17(23)21-16-8-4-7-15(19)13(16)2/h4-9H,3,10-12H2,1-2H3,(H,20,24)(H,21,23)/p+1. The van der Waals surface area contributed by atoms with Crippen molar-refractivity contribution in [3.63, 3.8) is 0 Å². The molecule has 3 N–H and O–H groups in total. The number of anilines is 1. The maximum absolute atomic E-state index is 12.1. The van der Waals surface area contributed by atoms with E-state index in [-0.39, 0.29) is 18.4 Å². The van der Waals surface area contributed by atoms with Gasteiger partial charge in [0, 0.05) is 10.7 Å². The lowest BCUT2D eigenvalue weighted by Crippen LogP contribution is -3.11. The van der Waals surface area contributed by atoms with E-state index >= 15 is 0 Å². The van der Waals surface area contributed by atoms with E-state index in [0.717, 1.165) is 23.6 Å². The minimum absolute atomic E-state index is 0.0548. The smallest absolute Gasteiger partial charge is 0.275 e. The number of rotatable bonds is 8. The van der Waals surface area contributed by atoms with E-state index in [9.17, 15) is 9.59 Å². The third kappa shape index (κ3) is 6.16. The Morgan fingerprint density at radius 2 is 2.00 bits per heavy atom. The maximum atomic E-state index is 12.1. The summed E-state index contributed by atoms with van der Waals surface area (Å²) < 4.78 is 0. The highest BCUT2D eigenvalue weighted by molar-refractivity contribution is 7.09. The van der Waals surface area contributed by atoms with Gasteiger partial charge in [0.2, 0.25) is 5.91 Å². The second-order valence-corrected chi connectivity index (χ2v) is 7.21. The SMILES string of the molecule is CC[NH+](CC(=O)NCC(=O)Nc1cccc(Cl)c1C)Cc1cccs1. The van der Waals surface area contributed by atoms with E-state index in [4.69, 9.17) is 11.6 Å². The van der Waals surface area contributed by atoms with Gasteiger partial charge in [-0.15, -0.1) is 11.3 Å². The van der Waals surface area contributed by atoms with Crippen LogP contribution in [0, 0.1) is 6.92 Å². The molecule has 0 radical (unpaired) electrons. The van der Waals surface area contributed by atoms with E-state index in [2.05, 4.69) is 16.7 Å². The number of thiophene rings is 1. The van der Waals surface area contributed by atoms with Gasteiger partial charge in [0.15, 0.2) is 6.54 Å². The molecule has 0 aliphatic rings. The fourth-order valence-electron chi connectivity index (χ4n) is 2.38. The molecule has 0 saturated carbocycles. The van der Waals surface area contributed by atoms with Gasteiger partial charge in [-0.05, 0) is 43.0 Å². The van der Waals surface area contributed by atoms with Crippen LogP contribution in [0.5, 0.6) is 0 Å². The van der Waals surface area contributed by atoms with Crippen LogP contribution in [0.2, 0.25) is 5.02 Å². The lowest BCUT2D eigenvalue weighted by atomic mass is 10.2. The summed E-state index contributed by atoms with van der Waals surface area (Å²) in [6.45, 7) is 5.84. The van der Waals surface area contributed by atoms with Crippen molar-refractivity contribution in [2.75, 3.05) is 25.0 Å². The Morgan fingerprint density at radius 3 is 2.68 bits per heavy atom. The number of likely N-dealkylation sites (N-methyl/N-ethyl adjacent to an activating group) is 1. The van der Waals surface area contributed by atoms with Gasteiger partial charge < -0.3 is 15.5 Å². The first-order valence-electron chi connectivity index (χ1n) is 8.17. The average Bonchev–Trinajstić information content (AvgIpc) is 3.09. The Labute approximate surface area is 157 Å². The first-order chi connectivity index (χ1) is 12.0. The van der Waals surface area contributed by atoms with Crippen molar-refractivity contribution in [1.82, 2.24) is 5.32 Å². The Kier molecular flexibility index (Phi) is 7.43. The molecule has 0 fully saturated rings. The number of quaternary nitrogens is 1. The second-order valence-electron chi connectivity index (χ2n) is 5.77. The molecule has 0 saturated heterocycles. The number of carbonyl (C=O) groups is 2. The molecule has 0 aliphatic carbocycles. The number of hydrogen-bond acceptors (Lipinski definition) is 3. The number of nitrogens with one attached hydrogen (secondary N) is 3. The zero-order chi connectivity index (χ0) is 18.2. The topological polar surface area (TPSA) is 62.6 Å². The summed E-state index contributed by atoms with van der Waals surface area (Å²) in [7, 11) is 0. The molecule has 2 amide bonds. The first-order valence-corrected chi connectivity index (χ1v) is 9.43. The van der Waals surface area contributed by atoms with Crippen LogP contribution in [0.15, 0.2) is 35.7 Å². The van der Waals surface area contributed by atoms with Gasteiger partial charge in [-0.1, -0.05) is 23.7 Å². The van der Waals surface area contributed by atoms with Crippen LogP contribution in [0.3, 0.4) is 0 Å². The second kappa shape index (κ2) is 9.56. The number of halogens is 1. The van der Waals surface area contributed by atoms with Crippen molar-refractivity contribution >= 4 is 40.4 Å². The van der Waals surface area contributed by atoms with E-state index in [1.54, 1.807) is 29.5 Å². The number of hydrogen-bond donors (Lipinski definition) is 3. The van der Waals surface area contributed by atoms with E-state index in [1.165, 1.54) is 4.88 Å². The van der Waals surface area contributed by atoms with E-state index < -0.39 is 0 Å². The van der Waals surface area contributed by atoms with Crippen molar-refractivity contribution in [3.05, 3.63) is 51.2 Å². The summed E-state index contributed by atoms with van der Waals surface area (Å²) >= 11 is 7.72. The van der Waals surface area contributed by atoms with Crippen LogP contribution >= 0.6 is 22.9 Å². The molecule has 1 heterocycles. The minimum Gasteiger partial charge on any atom is -0.342 e. The Bertz CT molecular complexity index is 719. The summed E-state index contributed by atoms with van der Waals surface area (Å²) in [6.07, 6.45) is 0. The third-order valence-electron chi connectivity index (χ3n) is 3.90. The van der Waals surface area contributed by atoms with Crippen molar-refractivity contribution in [1.29, 1.82) is 0 Å². The first kappa shape index (κ1) is 19.4. The molecule has 7 heteroatoms. The molecule has 1 atom stereocenters. The van der Waals surface area contributed by atoms with Gasteiger partial charge >= 0.3 is 0 Å². The van der Waals surface area contributed by atoms with Crippen molar-refractivity contribution in [2.45, 2.75) is 20.4 Å². The Balaban J connectivity index is 1.78. The molecular weight excluding hydrogens is 358 g/mol. The van der Waals surface area contributed by atoms with Crippen LogP contribution in [-0.2, 0) is 16.1 Å². The molecule has 2 aromatic rings. The van der Waals surface area contributed by atoms with Crippen LogP contribution in [0.1, 0.15) is 17.4 Å². The van der Waals surface area contributed by atoms with Crippen LogP contribution in [-0.4, -0.2) is 31.4 Å². The van der Waals surface area contributed by atoms with Gasteiger partial charge in [-0.25, -0.2) is 0 Å². The molecule has 0 spiro atoms. The zero-order valence-electron chi connectivity index (χ0n) is 14.4. The Morgan fingerprint density at radius 1 is 1.20 bits per heavy atom. The van der Waals surface area contributed by atoms with E-state index in [1.807, 2.05) is 25.3 Å². The highest BCUT2D eigenvalue weighted by Gasteiger charge is 2.15. The molecule has 2 rings (SSSR count). The van der Waals surface area contributed by atoms with E-state index in [0.29, 0.717) is 17.3 Å². The molecule has 0 bridgehead atoms. The maximum Gasteiger partial charge on any atom is 0.275 e. The van der Waals surface area contributed by atoms with Gasteiger partial charge in [0.1, 0.15) is 6.54 Å². The molecule has 1 aromatic carbocycles. The monoisotopic (exact) mass is 380 g/mol. The molecule has 0 aliphatic heterocycles. The van der Waals surface area contributed by atoms with Crippen molar-refractivity contribution < 1.29 is 14.5 Å². The highest BCUT2D eigenvalue weighted by Crippen LogP contribution is 2.22. The molecular formula is C18H23ClN3O2S+. The van der Waals surface area contributed by atoms with Crippen LogP contribution < -0.4 is 15.5 Å². The minimum atomic E-state index is -0.268. The largest absolute Gasteiger partial charge is 0.342 e. The number of benzene rings is 1. The molecule has 1 aromatic heterocycles. The summed E-state index contributed by atoms with van der Waals surface area (Å²) in [5, 5.41) is 8.07. The summed E-state index contributed by atoms with van der Waals surface area (Å²) in [5.74, 6) is -0.401. The summed E-state index contributed by atoms with van der Waals surface area (Å²) in [6, 6.07) is 9.40. The molecule has 5 nitrogen and oxygen atoms in total. The predicted octanol–water partition coefficient (Wildman–Crippen LogP) is 1.87. The fourth-order valence-corrected chi connectivity index (χ4v) is 3.33. The molecule has 25 heavy (non-hydrogen) atoms. The van der Waals surface area contributed by atoms with Gasteiger partial charge in [-0.2, -0.15) is 0 Å². The predicted molar refractivity (Wildman–Crippen MR) is 102 cm³/mol. The molecule has 134 valence electrons. The van der Waals surface area contributed by atoms with Gasteiger partial charge in [0.25, 0.3) is 5.91 Å². The Hall–Kier alpha value is -1.89. The van der Waals surface area contributed by atoms with Crippen molar-refractivity contribution in [3.8, 4) is 0 Å². The van der Waals surface area contributed by atoms with Crippen molar-refractivity contribution in [2.24, 2.45) is 0 Å². The fraction of sp³-hybridized carbons (Fsp3) is 0.333.